The Morgan fingerprint density at radius 1 is 0.857 bits per heavy atom. The number of carbonyl (C=O) groups is 1. The van der Waals surface area contributed by atoms with E-state index in [4.69, 9.17) is 0 Å². The third-order valence-electron chi connectivity index (χ3n) is 4.51. The molecule has 2 aromatic carbocycles. The largest absolute Gasteiger partial charge is 0.352 e. The van der Waals surface area contributed by atoms with Crippen molar-refractivity contribution in [2.24, 2.45) is 0 Å². The van der Waals surface area contributed by atoms with Crippen LogP contribution in [0.5, 0.6) is 0 Å². The van der Waals surface area contributed by atoms with Crippen LogP contribution in [0.15, 0.2) is 90.4 Å². The fraction of sp³-hybridized carbons (Fsp3) is 0.0833. The van der Waals surface area contributed by atoms with Gasteiger partial charge in [0.2, 0.25) is 5.91 Å². The molecule has 1 N–H and O–H groups in total. The number of benzene rings is 2. The molecule has 28 heavy (non-hydrogen) atoms. The summed E-state index contributed by atoms with van der Waals surface area (Å²) in [5.74, 6) is 0.0157. The summed E-state index contributed by atoms with van der Waals surface area (Å²) in [4.78, 5) is 17.9. The van der Waals surface area contributed by atoms with E-state index in [0.29, 0.717) is 13.0 Å². The van der Waals surface area contributed by atoms with Crippen LogP contribution in [0.25, 0.3) is 21.7 Å². The highest BCUT2D eigenvalue weighted by Crippen LogP contribution is 2.23. The minimum atomic E-state index is 0.0157. The molecule has 138 valence electrons. The van der Waals surface area contributed by atoms with E-state index in [1.165, 1.54) is 5.56 Å². The molecule has 0 aliphatic rings. The first-order valence-electron chi connectivity index (χ1n) is 9.18. The molecule has 4 aromatic rings. The summed E-state index contributed by atoms with van der Waals surface area (Å²) in [5.41, 5.74) is 5.33. The van der Waals surface area contributed by atoms with Gasteiger partial charge in [0.25, 0.3) is 0 Å². The van der Waals surface area contributed by atoms with Gasteiger partial charge in [-0.2, -0.15) is 0 Å². The van der Waals surface area contributed by atoms with E-state index in [2.05, 4.69) is 40.6 Å². The Morgan fingerprint density at radius 2 is 1.64 bits per heavy atom. The molecule has 0 spiro atoms. The fourth-order valence-electron chi connectivity index (χ4n) is 3.04. The minimum Gasteiger partial charge on any atom is -0.352 e. The molecular formula is C24H20N2OS. The van der Waals surface area contributed by atoms with E-state index in [-0.39, 0.29) is 5.91 Å². The molecule has 0 aliphatic carbocycles. The van der Waals surface area contributed by atoms with E-state index >= 15 is 0 Å². The monoisotopic (exact) mass is 384 g/mol. The summed E-state index contributed by atoms with van der Waals surface area (Å²) in [5, 5.41) is 5.04. The first kappa shape index (κ1) is 18.1. The zero-order valence-corrected chi connectivity index (χ0v) is 16.2. The number of amides is 1. The van der Waals surface area contributed by atoms with Gasteiger partial charge in [-0.1, -0.05) is 60.7 Å². The van der Waals surface area contributed by atoms with Crippen LogP contribution >= 0.6 is 11.3 Å². The van der Waals surface area contributed by atoms with Crippen LogP contribution in [0.4, 0.5) is 0 Å². The summed E-state index contributed by atoms with van der Waals surface area (Å²) in [6.07, 6.45) is 2.16. The number of hydrogen-bond donors (Lipinski definition) is 1. The van der Waals surface area contributed by atoms with Crippen LogP contribution < -0.4 is 5.32 Å². The second-order valence-corrected chi connectivity index (χ2v) is 7.49. The van der Waals surface area contributed by atoms with Crippen LogP contribution in [-0.4, -0.2) is 10.9 Å². The molecule has 4 heteroatoms. The number of aromatic nitrogens is 1. The molecule has 0 radical (unpaired) electrons. The summed E-state index contributed by atoms with van der Waals surface area (Å²) < 4.78 is 0. The summed E-state index contributed by atoms with van der Waals surface area (Å²) in [7, 11) is 0. The van der Waals surface area contributed by atoms with Crippen LogP contribution in [0.3, 0.4) is 0 Å². The Balaban J connectivity index is 1.34. The molecule has 2 heterocycles. The molecule has 0 atom stereocenters. The Hall–Kier alpha value is -3.24. The van der Waals surface area contributed by atoms with Gasteiger partial charge in [0, 0.05) is 12.7 Å². The van der Waals surface area contributed by atoms with E-state index in [9.17, 15) is 4.79 Å². The Kier molecular flexibility index (Phi) is 5.59. The normalized spacial score (nSPS) is 10.6. The number of carbonyl (C=O) groups excluding carboxylic acids is 1. The molecule has 4 rings (SSSR count). The second kappa shape index (κ2) is 8.63. The topological polar surface area (TPSA) is 42.0 Å². The van der Waals surface area contributed by atoms with E-state index in [0.717, 1.165) is 27.3 Å². The summed E-state index contributed by atoms with van der Waals surface area (Å²) in [6.45, 7) is 0.502. The van der Waals surface area contributed by atoms with Crippen LogP contribution in [-0.2, 0) is 17.8 Å². The number of hydrogen-bond acceptors (Lipinski definition) is 3. The smallest absolute Gasteiger partial charge is 0.224 e. The first-order valence-corrected chi connectivity index (χ1v) is 10.1. The van der Waals surface area contributed by atoms with Gasteiger partial charge >= 0.3 is 0 Å². The van der Waals surface area contributed by atoms with E-state index < -0.39 is 0 Å². The lowest BCUT2D eigenvalue weighted by molar-refractivity contribution is -0.120. The molecule has 0 aliphatic heterocycles. The van der Waals surface area contributed by atoms with Crippen LogP contribution in [0.1, 0.15) is 11.1 Å². The van der Waals surface area contributed by atoms with Gasteiger partial charge in [-0.3, -0.25) is 9.78 Å². The molecular weight excluding hydrogens is 364 g/mol. The highest BCUT2D eigenvalue weighted by molar-refractivity contribution is 7.13. The van der Waals surface area contributed by atoms with Crippen molar-refractivity contribution in [2.45, 2.75) is 13.0 Å². The van der Waals surface area contributed by atoms with Crippen molar-refractivity contribution >= 4 is 17.2 Å². The maximum atomic E-state index is 12.3. The lowest BCUT2D eigenvalue weighted by Crippen LogP contribution is -2.24. The number of nitrogens with zero attached hydrogens (tertiary/aromatic N) is 1. The highest BCUT2D eigenvalue weighted by atomic mass is 32.1. The molecule has 0 saturated carbocycles. The standard InChI is InChI=1S/C24H20N2OS/c27-24(16-18-8-10-21(11-9-18)20-5-2-1-3-6-20)26-17-19-12-13-25-22(15-19)23-7-4-14-28-23/h1-15H,16-17H2,(H,26,27). The Morgan fingerprint density at radius 3 is 2.39 bits per heavy atom. The van der Waals surface area contributed by atoms with Gasteiger partial charge < -0.3 is 5.32 Å². The molecule has 3 nitrogen and oxygen atoms in total. The molecule has 0 unspecified atom stereocenters. The van der Waals surface area contributed by atoms with Crippen molar-refractivity contribution in [2.75, 3.05) is 0 Å². The third-order valence-corrected chi connectivity index (χ3v) is 5.41. The summed E-state index contributed by atoms with van der Waals surface area (Å²) >= 11 is 1.66. The molecule has 0 bridgehead atoms. The predicted molar refractivity (Wildman–Crippen MR) is 115 cm³/mol. The highest BCUT2D eigenvalue weighted by Gasteiger charge is 2.06. The van der Waals surface area contributed by atoms with Crippen molar-refractivity contribution < 1.29 is 4.79 Å². The van der Waals surface area contributed by atoms with Crippen molar-refractivity contribution in [1.82, 2.24) is 10.3 Å². The van der Waals surface area contributed by atoms with Crippen LogP contribution in [0, 0.1) is 0 Å². The average Bonchev–Trinajstić information content (AvgIpc) is 3.29. The number of rotatable bonds is 6. The quantitative estimate of drug-likeness (QED) is 0.488. The number of nitrogens with one attached hydrogen (secondary N) is 1. The van der Waals surface area contributed by atoms with E-state index in [1.54, 1.807) is 17.5 Å². The van der Waals surface area contributed by atoms with Gasteiger partial charge in [-0.05, 0) is 45.8 Å². The predicted octanol–water partition coefficient (Wildman–Crippen LogP) is 5.34. The van der Waals surface area contributed by atoms with Crippen LogP contribution in [0.2, 0.25) is 0 Å². The molecule has 0 fully saturated rings. The van der Waals surface area contributed by atoms with Crippen molar-refractivity contribution in [3.05, 3.63) is 102 Å². The van der Waals surface area contributed by atoms with Gasteiger partial charge in [-0.15, -0.1) is 11.3 Å². The molecule has 0 saturated heterocycles. The Bertz CT molecular complexity index is 1040. The lowest BCUT2D eigenvalue weighted by Gasteiger charge is -2.08. The maximum Gasteiger partial charge on any atom is 0.224 e. The van der Waals surface area contributed by atoms with Gasteiger partial charge in [0.15, 0.2) is 0 Å². The van der Waals surface area contributed by atoms with Gasteiger partial charge in [0.1, 0.15) is 0 Å². The van der Waals surface area contributed by atoms with Crippen molar-refractivity contribution in [1.29, 1.82) is 0 Å². The van der Waals surface area contributed by atoms with Gasteiger partial charge in [-0.25, -0.2) is 0 Å². The van der Waals surface area contributed by atoms with E-state index in [1.807, 2.05) is 53.9 Å². The minimum absolute atomic E-state index is 0.0157. The van der Waals surface area contributed by atoms with Crippen molar-refractivity contribution in [3.8, 4) is 21.7 Å². The second-order valence-electron chi connectivity index (χ2n) is 6.54. The average molecular weight is 385 g/mol. The maximum absolute atomic E-state index is 12.3. The number of thiophene rings is 1. The van der Waals surface area contributed by atoms with Crippen molar-refractivity contribution in [3.63, 3.8) is 0 Å². The van der Waals surface area contributed by atoms with Gasteiger partial charge in [0.05, 0.1) is 17.0 Å². The fourth-order valence-corrected chi connectivity index (χ4v) is 3.73. The Labute approximate surface area is 168 Å². The molecule has 2 aromatic heterocycles. The lowest BCUT2D eigenvalue weighted by atomic mass is 10.0. The number of pyridine rings is 1. The summed E-state index contributed by atoms with van der Waals surface area (Å²) in [6, 6.07) is 26.4. The zero-order valence-electron chi connectivity index (χ0n) is 15.3. The SMILES string of the molecule is O=C(Cc1ccc(-c2ccccc2)cc1)NCc1ccnc(-c2cccs2)c1. The first-order chi connectivity index (χ1) is 13.8. The third kappa shape index (κ3) is 4.53. The molecule has 1 amide bonds. The zero-order chi connectivity index (χ0) is 19.2.